The molecule has 0 amide bonds. The SMILES string of the molecule is Cc1ccc(-c2c3c(cc[n+]2C)CCC3)c(C)c1.Cc1ccc(-c2cc3c(c[n+]2C)CCC3)c(C)c1.[2H]C([2H])([2H])c1ccc(-c2c3c(cc[n+]2C)C([2H])([2H])CCC3([2H])[2H])c(C)c1.[2H]C([2H])([2H])c1ccc(-c2cc3c(c[n+]2C)CCC3([2H])[2H])c(C)c1.[2H]C([2H])([2H])c1ccc(-c2cc3c(c[n+]2C)CCCC3([2H])[2H])c(C)c1. The van der Waals surface area contributed by atoms with Crippen LogP contribution in [-0.2, 0) is 99.3 Å². The van der Waals surface area contributed by atoms with Gasteiger partial charge in [-0.3, -0.25) is 0 Å². The van der Waals surface area contributed by atoms with Crippen molar-refractivity contribution in [1.82, 2.24) is 0 Å². The summed E-state index contributed by atoms with van der Waals surface area (Å²) in [5.74, 6) is 0. The Balaban J connectivity index is 0.000000136. The molecule has 10 aromatic rings. The van der Waals surface area contributed by atoms with Crippen LogP contribution in [0.25, 0.3) is 56.3 Å². The van der Waals surface area contributed by atoms with Gasteiger partial charge in [0, 0.05) is 109 Å². The fourth-order valence-corrected chi connectivity index (χ4v) is 14.2. The number of pyridine rings is 5. The molecule has 0 bridgehead atoms. The quantitative estimate of drug-likeness (QED) is 0.153. The molecule has 5 heterocycles. The first-order chi connectivity index (χ1) is 50.8. The average Bonchev–Trinajstić information content (AvgIpc) is 1.43. The van der Waals surface area contributed by atoms with Crippen molar-refractivity contribution in [2.45, 2.75) is 178 Å². The molecule has 5 heteroatoms. The summed E-state index contributed by atoms with van der Waals surface area (Å²) in [6, 6.07) is 38.9. The summed E-state index contributed by atoms with van der Waals surface area (Å²) in [6.45, 7) is 7.91. The van der Waals surface area contributed by atoms with E-state index in [0.29, 0.717) is 40.8 Å². The van der Waals surface area contributed by atoms with E-state index in [-0.39, 0.29) is 18.4 Å². The molecule has 0 saturated carbocycles. The molecule has 15 rings (SSSR count). The fourth-order valence-electron chi connectivity index (χ4n) is 14.2. The van der Waals surface area contributed by atoms with Crippen LogP contribution in [0.15, 0.2) is 152 Å². The molecular formula is C87H104N5+5. The van der Waals surface area contributed by atoms with Gasteiger partial charge in [-0.15, -0.1) is 0 Å². The third-order valence-corrected chi connectivity index (χ3v) is 19.0. The fraction of sp³-hybridized carbons (Fsp3) is 0.368. The van der Waals surface area contributed by atoms with E-state index < -0.39 is 46.0 Å². The molecule has 472 valence electrons. The highest BCUT2D eigenvalue weighted by Crippen LogP contribution is 2.35. The van der Waals surface area contributed by atoms with Gasteiger partial charge in [0.2, 0.25) is 28.5 Å². The van der Waals surface area contributed by atoms with Crippen molar-refractivity contribution in [2.24, 2.45) is 35.2 Å². The van der Waals surface area contributed by atoms with Crippen LogP contribution in [0, 0.1) is 69.0 Å². The van der Waals surface area contributed by atoms with Gasteiger partial charge in [-0.1, -0.05) is 88.5 Å². The average molecular weight is 1240 g/mol. The Bertz CT molecular complexity index is 5140. The number of hydrogen-bond donors (Lipinski definition) is 0. The van der Waals surface area contributed by atoms with Gasteiger partial charge in [-0.05, 0) is 264 Å². The molecule has 5 aliphatic rings. The Hall–Kier alpha value is -8.15. The van der Waals surface area contributed by atoms with E-state index in [0.717, 1.165) is 86.3 Å². The summed E-state index contributed by atoms with van der Waals surface area (Å²) < 4.78 is 145. The topological polar surface area (TPSA) is 19.4 Å². The summed E-state index contributed by atoms with van der Waals surface area (Å²) in [5, 5.41) is 0. The van der Waals surface area contributed by atoms with Crippen LogP contribution >= 0.6 is 0 Å². The Kier molecular flexibility index (Phi) is 14.7. The lowest BCUT2D eigenvalue weighted by atomic mass is 9.87. The van der Waals surface area contributed by atoms with Crippen LogP contribution in [0.4, 0.5) is 0 Å². The monoisotopic (exact) mass is 1240 g/mol. The van der Waals surface area contributed by atoms with Crippen LogP contribution in [-0.4, -0.2) is 0 Å². The molecule has 0 atom stereocenters. The number of benzene rings is 5. The van der Waals surface area contributed by atoms with E-state index in [1.165, 1.54) is 88.9 Å². The Morgan fingerprint density at radius 3 is 1.13 bits per heavy atom. The van der Waals surface area contributed by atoms with Gasteiger partial charge in [0.05, 0.1) is 0 Å². The van der Waals surface area contributed by atoms with Crippen LogP contribution < -0.4 is 22.8 Å². The molecule has 0 spiro atoms. The first-order valence-electron chi connectivity index (χ1n) is 41.5. The van der Waals surface area contributed by atoms with E-state index in [4.69, 9.17) is 23.3 Å². The van der Waals surface area contributed by atoms with E-state index in [9.17, 15) is 0 Å². The molecule has 0 aliphatic heterocycles. The van der Waals surface area contributed by atoms with E-state index in [1.807, 2.05) is 73.7 Å². The summed E-state index contributed by atoms with van der Waals surface area (Å²) in [7, 11) is 10.0. The van der Waals surface area contributed by atoms with Gasteiger partial charge in [-0.2, -0.15) is 0 Å². The minimum Gasteiger partial charge on any atom is -0.201 e. The molecule has 0 fully saturated rings. The second-order valence-electron chi connectivity index (χ2n) is 26.1. The second-order valence-corrected chi connectivity index (χ2v) is 26.1. The second kappa shape index (κ2) is 28.8. The molecule has 0 saturated heterocycles. The van der Waals surface area contributed by atoms with Crippen molar-refractivity contribution in [1.29, 1.82) is 0 Å². The summed E-state index contributed by atoms with van der Waals surface area (Å²) in [4.78, 5) is 0. The predicted octanol–water partition coefficient (Wildman–Crippen LogP) is 17.2. The summed E-state index contributed by atoms with van der Waals surface area (Å²) >= 11 is 0. The minimum atomic E-state index is -2.20. The van der Waals surface area contributed by atoms with Crippen molar-refractivity contribution >= 4 is 0 Å². The van der Waals surface area contributed by atoms with Gasteiger partial charge < -0.3 is 0 Å². The van der Waals surface area contributed by atoms with Gasteiger partial charge in [0.1, 0.15) is 35.2 Å². The number of nitrogens with zero attached hydrogens (tertiary/aromatic N) is 5. The highest BCUT2D eigenvalue weighted by molar-refractivity contribution is 5.69. The molecule has 92 heavy (non-hydrogen) atoms. The zero-order valence-electron chi connectivity index (χ0n) is 73.4. The number of aromatic nitrogens is 5. The van der Waals surface area contributed by atoms with E-state index >= 15 is 0 Å². The van der Waals surface area contributed by atoms with Gasteiger partial charge in [0.25, 0.3) is 0 Å². The number of aryl methyl sites for hydroxylation is 23. The highest BCUT2D eigenvalue weighted by atomic mass is 14.9. The van der Waals surface area contributed by atoms with Crippen LogP contribution in [0.2, 0.25) is 0 Å². The van der Waals surface area contributed by atoms with Crippen molar-refractivity contribution in [2.75, 3.05) is 0 Å². The molecule has 0 radical (unpaired) electrons. The van der Waals surface area contributed by atoms with Crippen molar-refractivity contribution < 1.29 is 46.1 Å². The zero-order chi connectivity index (χ0) is 79.6. The standard InChI is InChI=1S/2C18H22N.3C17H20N/c1-13-8-9-17(14(2)10-13)18-11-15-6-4-5-7-16(15)12-19(18)3;1-13-8-9-16(14(2)12-13)18-17-7-5-4-6-15(17)10-11-19(18)3;2*1-12-7-8-16(13(2)9-12)17-10-14-5-4-6-15(14)11-18(17)3;1-12-7-8-15(13(2)11-12)17-16-6-4-5-14(16)9-10-18(17)3/h2*8-12H,4-7H2,1-3H3;3*7-11H,4-6H2,1-3H3/q5*+1/i1D3,6D2;1D3,6D2,7D2;1D3,5D2;;. The maximum absolute atomic E-state index is 8.48. The number of fused-ring (bicyclic) bond motifs is 5. The minimum absolute atomic E-state index is 0.108. The molecule has 5 aliphatic carbocycles. The highest BCUT2D eigenvalue weighted by Gasteiger charge is 2.27. The molecule has 5 aromatic heterocycles. The van der Waals surface area contributed by atoms with Gasteiger partial charge in [-0.25, -0.2) is 22.8 Å². The predicted molar refractivity (Wildman–Crippen MR) is 382 cm³/mol. The summed E-state index contributed by atoms with van der Waals surface area (Å²) in [5.41, 5.74) is 29.9. The maximum Gasteiger partial charge on any atom is 0.216 e. The molecule has 0 unspecified atom stereocenters. The zero-order valence-corrected chi connectivity index (χ0v) is 56.4. The molecule has 5 nitrogen and oxygen atoms in total. The Labute approximate surface area is 577 Å². The largest absolute Gasteiger partial charge is 0.216 e. The van der Waals surface area contributed by atoms with E-state index in [1.54, 1.807) is 90.0 Å². The van der Waals surface area contributed by atoms with Gasteiger partial charge in [0.15, 0.2) is 31.0 Å². The van der Waals surface area contributed by atoms with Crippen molar-refractivity contribution in [3.05, 3.63) is 264 Å². The molecular weight excluding hydrogens is 1110 g/mol. The summed E-state index contributed by atoms with van der Waals surface area (Å²) in [6.07, 6.45) is 15.9. The molecule has 0 N–H and O–H groups in total. The first kappa shape index (κ1) is 46.8. The smallest absolute Gasteiger partial charge is 0.201 e. The lowest BCUT2D eigenvalue weighted by Crippen LogP contribution is -2.33. The van der Waals surface area contributed by atoms with Crippen LogP contribution in [0.5, 0.6) is 0 Å². The number of rotatable bonds is 5. The third kappa shape index (κ3) is 14.7. The van der Waals surface area contributed by atoms with Crippen molar-refractivity contribution in [3.63, 3.8) is 0 Å². The lowest BCUT2D eigenvalue weighted by molar-refractivity contribution is -0.661. The Morgan fingerprint density at radius 1 is 0.283 bits per heavy atom. The van der Waals surface area contributed by atoms with Crippen molar-refractivity contribution in [3.8, 4) is 56.3 Å². The third-order valence-electron chi connectivity index (χ3n) is 19.0. The first-order valence-corrected chi connectivity index (χ1v) is 33.0. The van der Waals surface area contributed by atoms with Gasteiger partial charge >= 0.3 is 0 Å². The van der Waals surface area contributed by atoms with Crippen LogP contribution in [0.1, 0.15) is 180 Å². The van der Waals surface area contributed by atoms with E-state index in [2.05, 4.69) is 112 Å². The Morgan fingerprint density at radius 2 is 0.630 bits per heavy atom. The maximum atomic E-state index is 8.48. The lowest BCUT2D eigenvalue weighted by Gasteiger charge is -2.18. The molecule has 5 aromatic carbocycles. The number of hydrogen-bond acceptors (Lipinski definition) is 0. The van der Waals surface area contributed by atoms with Crippen LogP contribution in [0.3, 0.4) is 0 Å². The normalized spacial score (nSPS) is 19.3.